The summed E-state index contributed by atoms with van der Waals surface area (Å²) in [5.74, 6) is 0. The van der Waals surface area contributed by atoms with E-state index in [1.54, 1.807) is 0 Å². The molecule has 1 aliphatic rings. The highest BCUT2D eigenvalue weighted by atomic mass is 15.0. The monoisotopic (exact) mass is 156 g/mol. The van der Waals surface area contributed by atoms with Crippen LogP contribution in [0.25, 0.3) is 0 Å². The van der Waals surface area contributed by atoms with Crippen molar-refractivity contribution in [3.05, 3.63) is 0 Å². The van der Waals surface area contributed by atoms with Gasteiger partial charge >= 0.3 is 0 Å². The summed E-state index contributed by atoms with van der Waals surface area (Å²) in [4.78, 5) is 0. The number of rotatable bonds is 1. The molecule has 1 rings (SSSR count). The molecule has 1 heteroatoms. The molecule has 0 bridgehead atoms. The maximum Gasteiger partial charge on any atom is 0.0878 e. The van der Waals surface area contributed by atoms with E-state index in [2.05, 4.69) is 26.1 Å². The molecule has 2 N–H and O–H groups in total. The van der Waals surface area contributed by atoms with Crippen LogP contribution in [0.15, 0.2) is 0 Å². The molecule has 1 saturated carbocycles. The first-order valence-electron chi connectivity index (χ1n) is 4.94. The van der Waals surface area contributed by atoms with E-state index >= 15 is 0 Å². The summed E-state index contributed by atoms with van der Waals surface area (Å²) in [6, 6.07) is 0.920. The summed E-state index contributed by atoms with van der Waals surface area (Å²) in [5, 5.41) is 2.55. The minimum absolute atomic E-state index is 0.433. The lowest BCUT2D eigenvalue weighted by molar-refractivity contribution is -0.749. The summed E-state index contributed by atoms with van der Waals surface area (Å²) >= 11 is 0. The summed E-state index contributed by atoms with van der Waals surface area (Å²) in [7, 11) is 0. The molecule has 0 amide bonds. The lowest BCUT2D eigenvalue weighted by Gasteiger charge is -2.27. The molecule has 0 aromatic carbocycles. The van der Waals surface area contributed by atoms with E-state index in [0.717, 1.165) is 6.04 Å². The molecule has 0 saturated heterocycles. The normalized spacial score (nSPS) is 22.1. The third kappa shape index (κ3) is 3.76. The second-order valence-corrected chi connectivity index (χ2v) is 4.93. The highest BCUT2D eigenvalue weighted by Gasteiger charge is 2.22. The van der Waals surface area contributed by atoms with E-state index in [1.807, 2.05) is 0 Å². The van der Waals surface area contributed by atoms with Crippen LogP contribution in [0.5, 0.6) is 0 Å². The smallest absolute Gasteiger partial charge is 0.0878 e. The fourth-order valence-electron chi connectivity index (χ4n) is 2.01. The average molecular weight is 156 g/mol. The van der Waals surface area contributed by atoms with Crippen molar-refractivity contribution in [1.82, 2.24) is 0 Å². The Balaban J connectivity index is 2.24. The van der Waals surface area contributed by atoms with Crippen LogP contribution in [0.3, 0.4) is 0 Å². The van der Waals surface area contributed by atoms with E-state index in [4.69, 9.17) is 0 Å². The molecule has 0 atom stereocenters. The van der Waals surface area contributed by atoms with Crippen LogP contribution in [0.1, 0.15) is 52.9 Å². The number of hydrogen-bond acceptors (Lipinski definition) is 0. The quantitative estimate of drug-likeness (QED) is 0.595. The fraction of sp³-hybridized carbons (Fsp3) is 1.00. The molecule has 66 valence electrons. The summed E-state index contributed by atoms with van der Waals surface area (Å²) in [6.07, 6.45) is 7.26. The molecule has 1 nitrogen and oxygen atoms in total. The van der Waals surface area contributed by atoms with Crippen LogP contribution in [0, 0.1) is 0 Å². The first-order chi connectivity index (χ1) is 5.08. The Kier molecular flexibility index (Phi) is 2.94. The maximum absolute atomic E-state index is 2.55. The minimum atomic E-state index is 0.433. The van der Waals surface area contributed by atoms with Gasteiger partial charge in [0.05, 0.1) is 11.6 Å². The SMILES string of the molecule is CC(C)(C)[NH2+]C1CCCCC1. The number of quaternary nitrogens is 1. The van der Waals surface area contributed by atoms with E-state index in [0.29, 0.717) is 5.54 Å². The second kappa shape index (κ2) is 3.57. The molecule has 0 radical (unpaired) electrons. The number of nitrogens with two attached hydrogens (primary N) is 1. The first-order valence-corrected chi connectivity index (χ1v) is 4.94. The van der Waals surface area contributed by atoms with Gasteiger partial charge in [0, 0.05) is 0 Å². The van der Waals surface area contributed by atoms with Crippen LogP contribution >= 0.6 is 0 Å². The molecule has 1 aliphatic carbocycles. The lowest BCUT2D eigenvalue weighted by Crippen LogP contribution is -2.99. The predicted molar refractivity (Wildman–Crippen MR) is 48.6 cm³/mol. The third-order valence-electron chi connectivity index (χ3n) is 2.39. The van der Waals surface area contributed by atoms with E-state index in [1.165, 1.54) is 32.1 Å². The highest BCUT2D eigenvalue weighted by molar-refractivity contribution is 4.65. The Morgan fingerprint density at radius 2 is 1.55 bits per heavy atom. The Labute approximate surface area is 70.6 Å². The van der Waals surface area contributed by atoms with Gasteiger partial charge in [0.15, 0.2) is 0 Å². The standard InChI is InChI=1S/C10H21N/c1-10(2,3)11-9-7-5-4-6-8-9/h9,11H,4-8H2,1-3H3/p+1. The first kappa shape index (κ1) is 9.05. The zero-order chi connectivity index (χ0) is 8.32. The van der Waals surface area contributed by atoms with Gasteiger partial charge in [0.25, 0.3) is 0 Å². The van der Waals surface area contributed by atoms with Gasteiger partial charge in [-0.15, -0.1) is 0 Å². The molecular weight excluding hydrogens is 134 g/mol. The molecule has 0 spiro atoms. The summed E-state index contributed by atoms with van der Waals surface area (Å²) in [6.45, 7) is 6.92. The Hall–Kier alpha value is -0.0400. The zero-order valence-electron chi connectivity index (χ0n) is 8.19. The fourth-order valence-corrected chi connectivity index (χ4v) is 2.01. The molecule has 0 aromatic heterocycles. The van der Waals surface area contributed by atoms with E-state index in [-0.39, 0.29) is 0 Å². The van der Waals surface area contributed by atoms with Crippen LogP contribution in [-0.2, 0) is 0 Å². The average Bonchev–Trinajstić information content (AvgIpc) is 1.85. The summed E-state index contributed by atoms with van der Waals surface area (Å²) in [5.41, 5.74) is 0.433. The molecule has 1 fully saturated rings. The van der Waals surface area contributed by atoms with Crippen LogP contribution in [-0.4, -0.2) is 11.6 Å². The zero-order valence-corrected chi connectivity index (χ0v) is 8.19. The number of hydrogen-bond donors (Lipinski definition) is 1. The Morgan fingerprint density at radius 3 is 2.00 bits per heavy atom. The van der Waals surface area contributed by atoms with Gasteiger partial charge in [0.2, 0.25) is 0 Å². The van der Waals surface area contributed by atoms with Crippen molar-refractivity contribution in [2.24, 2.45) is 0 Å². The second-order valence-electron chi connectivity index (χ2n) is 4.93. The maximum atomic E-state index is 2.55. The van der Waals surface area contributed by atoms with Gasteiger partial charge in [-0.25, -0.2) is 0 Å². The summed E-state index contributed by atoms with van der Waals surface area (Å²) < 4.78 is 0. The largest absolute Gasteiger partial charge is 0.340 e. The van der Waals surface area contributed by atoms with E-state index < -0.39 is 0 Å². The highest BCUT2D eigenvalue weighted by Crippen LogP contribution is 2.15. The van der Waals surface area contributed by atoms with Crippen molar-refractivity contribution in [3.8, 4) is 0 Å². The van der Waals surface area contributed by atoms with Crippen molar-refractivity contribution >= 4 is 0 Å². The van der Waals surface area contributed by atoms with Crippen LogP contribution in [0.2, 0.25) is 0 Å². The van der Waals surface area contributed by atoms with Gasteiger partial charge in [-0.3, -0.25) is 0 Å². The van der Waals surface area contributed by atoms with Crippen molar-refractivity contribution in [3.63, 3.8) is 0 Å². The van der Waals surface area contributed by atoms with Gasteiger partial charge in [-0.05, 0) is 46.5 Å². The molecule has 0 aromatic rings. The van der Waals surface area contributed by atoms with E-state index in [9.17, 15) is 0 Å². The molecule has 0 unspecified atom stereocenters. The van der Waals surface area contributed by atoms with Gasteiger partial charge < -0.3 is 5.32 Å². The van der Waals surface area contributed by atoms with Gasteiger partial charge in [-0.1, -0.05) is 6.42 Å². The third-order valence-corrected chi connectivity index (χ3v) is 2.39. The van der Waals surface area contributed by atoms with Crippen molar-refractivity contribution in [1.29, 1.82) is 0 Å². The lowest BCUT2D eigenvalue weighted by atomic mass is 9.93. The van der Waals surface area contributed by atoms with Crippen molar-refractivity contribution < 1.29 is 5.32 Å². The van der Waals surface area contributed by atoms with Gasteiger partial charge in [-0.2, -0.15) is 0 Å². The van der Waals surface area contributed by atoms with Crippen molar-refractivity contribution in [2.75, 3.05) is 0 Å². The van der Waals surface area contributed by atoms with Crippen LogP contribution in [0.4, 0.5) is 0 Å². The molecule has 0 aliphatic heterocycles. The molecular formula is C10H22N+. The topological polar surface area (TPSA) is 16.6 Å². The molecule has 0 heterocycles. The van der Waals surface area contributed by atoms with Crippen molar-refractivity contribution in [2.45, 2.75) is 64.5 Å². The van der Waals surface area contributed by atoms with Gasteiger partial charge in [0.1, 0.15) is 0 Å². The Bertz CT molecular complexity index is 107. The Morgan fingerprint density at radius 1 is 1.00 bits per heavy atom. The predicted octanol–water partition coefficient (Wildman–Crippen LogP) is 1.68. The minimum Gasteiger partial charge on any atom is -0.340 e. The van der Waals surface area contributed by atoms with Crippen LogP contribution < -0.4 is 5.32 Å². The molecule has 11 heavy (non-hydrogen) atoms.